The summed E-state index contributed by atoms with van der Waals surface area (Å²) in [6.07, 6.45) is 0. The van der Waals surface area contributed by atoms with Gasteiger partial charge in [-0.25, -0.2) is 13.1 Å². The van der Waals surface area contributed by atoms with E-state index in [1.165, 1.54) is 5.56 Å². The van der Waals surface area contributed by atoms with E-state index in [9.17, 15) is 8.42 Å². The number of sulfonamides is 1. The second-order valence-electron chi connectivity index (χ2n) is 6.11. The van der Waals surface area contributed by atoms with E-state index < -0.39 is 15.3 Å². The lowest BCUT2D eigenvalue weighted by molar-refractivity contribution is 0.322. The van der Waals surface area contributed by atoms with Gasteiger partial charge < -0.3 is 4.74 Å². The van der Waals surface area contributed by atoms with Crippen LogP contribution in [0.4, 0.5) is 0 Å². The molecule has 0 aliphatic carbocycles. The van der Waals surface area contributed by atoms with Gasteiger partial charge in [0.25, 0.3) is 0 Å². The first-order valence-corrected chi connectivity index (χ1v) is 8.39. The van der Waals surface area contributed by atoms with Crippen molar-refractivity contribution in [3.05, 3.63) is 29.8 Å². The molecule has 0 aliphatic rings. The molecular weight excluding hydrogens is 274 g/mol. The number of hydrogen-bond acceptors (Lipinski definition) is 3. The summed E-state index contributed by atoms with van der Waals surface area (Å²) in [7, 11) is -3.21. The molecule has 0 aromatic heterocycles. The number of rotatable bonds is 6. The van der Waals surface area contributed by atoms with Gasteiger partial charge in [-0.05, 0) is 37.0 Å². The zero-order chi connectivity index (χ0) is 15.4. The molecule has 4 nitrogen and oxygen atoms in total. The van der Waals surface area contributed by atoms with Crippen LogP contribution in [0.1, 0.15) is 40.2 Å². The second kappa shape index (κ2) is 6.59. The third-order valence-electron chi connectivity index (χ3n) is 3.01. The van der Waals surface area contributed by atoms with Crippen molar-refractivity contribution >= 4 is 10.0 Å². The highest BCUT2D eigenvalue weighted by Gasteiger charge is 2.15. The van der Waals surface area contributed by atoms with Crippen molar-refractivity contribution in [1.82, 2.24) is 4.72 Å². The van der Waals surface area contributed by atoms with Crippen LogP contribution in [0.25, 0.3) is 0 Å². The van der Waals surface area contributed by atoms with Gasteiger partial charge in [0, 0.05) is 6.54 Å². The molecule has 0 bridgehead atoms. The van der Waals surface area contributed by atoms with Crippen LogP contribution >= 0.6 is 0 Å². The number of hydrogen-bond donors (Lipinski definition) is 1. The van der Waals surface area contributed by atoms with E-state index in [-0.39, 0.29) is 12.0 Å². The Labute approximate surface area is 122 Å². The molecule has 20 heavy (non-hydrogen) atoms. The van der Waals surface area contributed by atoms with Gasteiger partial charge in [0.2, 0.25) is 10.0 Å². The van der Waals surface area contributed by atoms with Gasteiger partial charge in [-0.15, -0.1) is 0 Å². The van der Waals surface area contributed by atoms with Crippen LogP contribution in [-0.2, 0) is 15.4 Å². The van der Waals surface area contributed by atoms with Crippen molar-refractivity contribution in [3.8, 4) is 5.75 Å². The van der Waals surface area contributed by atoms with Gasteiger partial charge in [-0.3, -0.25) is 0 Å². The first kappa shape index (κ1) is 17.0. The van der Waals surface area contributed by atoms with Crippen LogP contribution in [0.3, 0.4) is 0 Å². The summed E-state index contributed by atoms with van der Waals surface area (Å²) in [6, 6.07) is 7.90. The summed E-state index contributed by atoms with van der Waals surface area (Å²) in [6.45, 7) is 10.4. The van der Waals surface area contributed by atoms with Crippen LogP contribution in [0, 0.1) is 0 Å². The minimum absolute atomic E-state index is 0.116. The largest absolute Gasteiger partial charge is 0.492 e. The molecular formula is C15H25NO3S. The fourth-order valence-corrected chi connectivity index (χ4v) is 2.27. The zero-order valence-corrected chi connectivity index (χ0v) is 13.8. The molecule has 1 aromatic rings. The number of benzene rings is 1. The minimum atomic E-state index is -3.21. The SMILES string of the molecule is CC(C)S(=O)(=O)NCCOc1ccc(C(C)(C)C)cc1. The minimum Gasteiger partial charge on any atom is -0.492 e. The van der Waals surface area contributed by atoms with Gasteiger partial charge in [0.05, 0.1) is 5.25 Å². The molecule has 0 atom stereocenters. The monoisotopic (exact) mass is 299 g/mol. The van der Waals surface area contributed by atoms with E-state index in [4.69, 9.17) is 4.74 Å². The Kier molecular flexibility index (Phi) is 5.59. The highest BCUT2D eigenvalue weighted by atomic mass is 32.2. The first-order chi connectivity index (χ1) is 9.13. The summed E-state index contributed by atoms with van der Waals surface area (Å²) < 4.78 is 31.1. The van der Waals surface area contributed by atoms with Crippen molar-refractivity contribution in [2.45, 2.75) is 45.3 Å². The molecule has 114 valence electrons. The van der Waals surface area contributed by atoms with Crippen LogP contribution < -0.4 is 9.46 Å². The topological polar surface area (TPSA) is 55.4 Å². The van der Waals surface area contributed by atoms with Crippen LogP contribution in [0.2, 0.25) is 0 Å². The van der Waals surface area contributed by atoms with Gasteiger partial charge in [0.15, 0.2) is 0 Å². The Balaban J connectivity index is 2.44. The van der Waals surface area contributed by atoms with Crippen LogP contribution in [0.5, 0.6) is 5.75 Å². The van der Waals surface area contributed by atoms with Crippen molar-refractivity contribution in [1.29, 1.82) is 0 Å². The van der Waals surface area contributed by atoms with E-state index in [1.807, 2.05) is 24.3 Å². The highest BCUT2D eigenvalue weighted by Crippen LogP contribution is 2.24. The van der Waals surface area contributed by atoms with E-state index in [1.54, 1.807) is 13.8 Å². The molecule has 0 saturated carbocycles. The highest BCUT2D eigenvalue weighted by molar-refractivity contribution is 7.90. The predicted octanol–water partition coefficient (Wildman–Crippen LogP) is 2.69. The maximum Gasteiger partial charge on any atom is 0.214 e. The average molecular weight is 299 g/mol. The molecule has 1 aromatic carbocycles. The van der Waals surface area contributed by atoms with Crippen molar-refractivity contribution < 1.29 is 13.2 Å². The molecule has 0 radical (unpaired) electrons. The molecule has 1 rings (SSSR count). The number of ether oxygens (including phenoxy) is 1. The smallest absolute Gasteiger partial charge is 0.214 e. The van der Waals surface area contributed by atoms with Crippen molar-refractivity contribution in [2.75, 3.05) is 13.2 Å². The second-order valence-corrected chi connectivity index (χ2v) is 8.43. The predicted molar refractivity (Wildman–Crippen MR) is 82.7 cm³/mol. The van der Waals surface area contributed by atoms with E-state index in [0.29, 0.717) is 6.61 Å². The fraction of sp³-hybridized carbons (Fsp3) is 0.600. The Hall–Kier alpha value is -1.07. The maximum atomic E-state index is 11.5. The van der Waals surface area contributed by atoms with Gasteiger partial charge >= 0.3 is 0 Å². The van der Waals surface area contributed by atoms with E-state index >= 15 is 0 Å². The Morgan fingerprint density at radius 3 is 2.15 bits per heavy atom. The summed E-state index contributed by atoms with van der Waals surface area (Å²) in [5.41, 5.74) is 1.36. The van der Waals surface area contributed by atoms with Crippen molar-refractivity contribution in [2.24, 2.45) is 0 Å². The lowest BCUT2D eigenvalue weighted by Crippen LogP contribution is -2.33. The molecule has 0 spiro atoms. The lowest BCUT2D eigenvalue weighted by Gasteiger charge is -2.19. The molecule has 0 saturated heterocycles. The van der Waals surface area contributed by atoms with E-state index in [0.717, 1.165) is 5.75 Å². The summed E-state index contributed by atoms with van der Waals surface area (Å²) in [5, 5.41) is -0.423. The molecule has 0 aliphatic heterocycles. The molecule has 1 N–H and O–H groups in total. The van der Waals surface area contributed by atoms with Gasteiger partial charge in [0.1, 0.15) is 12.4 Å². The standard InChI is InChI=1S/C15H25NO3S/c1-12(2)20(17,18)16-10-11-19-14-8-6-13(7-9-14)15(3,4)5/h6-9,12,16H,10-11H2,1-5H3. The lowest BCUT2D eigenvalue weighted by atomic mass is 9.87. The van der Waals surface area contributed by atoms with Crippen LogP contribution in [0.15, 0.2) is 24.3 Å². The quantitative estimate of drug-likeness (QED) is 0.822. The summed E-state index contributed by atoms with van der Waals surface area (Å²) in [4.78, 5) is 0. The molecule has 0 fully saturated rings. The zero-order valence-electron chi connectivity index (χ0n) is 12.9. The van der Waals surface area contributed by atoms with Crippen LogP contribution in [-0.4, -0.2) is 26.8 Å². The Bertz CT molecular complexity index is 513. The number of nitrogens with one attached hydrogen (secondary N) is 1. The Morgan fingerprint density at radius 1 is 1.15 bits per heavy atom. The van der Waals surface area contributed by atoms with Crippen molar-refractivity contribution in [3.63, 3.8) is 0 Å². The third kappa shape index (κ3) is 5.13. The van der Waals surface area contributed by atoms with E-state index in [2.05, 4.69) is 25.5 Å². The summed E-state index contributed by atoms with van der Waals surface area (Å²) >= 11 is 0. The Morgan fingerprint density at radius 2 is 1.70 bits per heavy atom. The van der Waals surface area contributed by atoms with Gasteiger partial charge in [-0.2, -0.15) is 0 Å². The maximum absolute atomic E-state index is 11.5. The third-order valence-corrected chi connectivity index (χ3v) is 4.86. The molecule has 5 heteroatoms. The first-order valence-electron chi connectivity index (χ1n) is 6.85. The fourth-order valence-electron chi connectivity index (χ4n) is 1.57. The molecule has 0 unspecified atom stereocenters. The molecule has 0 heterocycles. The summed E-state index contributed by atoms with van der Waals surface area (Å²) in [5.74, 6) is 0.752. The molecule has 0 amide bonds. The average Bonchev–Trinajstić information content (AvgIpc) is 2.34. The van der Waals surface area contributed by atoms with Gasteiger partial charge in [-0.1, -0.05) is 32.9 Å². The normalized spacial score (nSPS) is 12.7.